The molecule has 0 aromatic heterocycles. The van der Waals surface area contributed by atoms with Crippen molar-refractivity contribution in [3.63, 3.8) is 0 Å². The fraction of sp³-hybridized carbons (Fsp3) is 0.222. The molecule has 0 amide bonds. The van der Waals surface area contributed by atoms with Crippen molar-refractivity contribution in [2.75, 3.05) is 7.11 Å². The number of ether oxygens (including phenoxy) is 1. The normalized spacial score (nSPS) is 12.2. The molecule has 1 aromatic carbocycles. The van der Waals surface area contributed by atoms with Crippen LogP contribution in [0.5, 0.6) is 5.75 Å². The maximum atomic E-state index is 12.8. The zero-order chi connectivity index (χ0) is 10.7. The summed E-state index contributed by atoms with van der Waals surface area (Å²) < 4.78 is 17.2. The maximum absolute atomic E-state index is 12.8. The number of hydrogen-bond donors (Lipinski definition) is 2. The lowest BCUT2D eigenvalue weighted by Gasteiger charge is -2.09. The monoisotopic (exact) mass is 199 g/mol. The number of methoxy groups -OCH3 is 1. The van der Waals surface area contributed by atoms with E-state index in [2.05, 4.69) is 4.74 Å². The zero-order valence-electron chi connectivity index (χ0n) is 7.53. The van der Waals surface area contributed by atoms with Gasteiger partial charge in [0.05, 0.1) is 7.11 Å². The van der Waals surface area contributed by atoms with E-state index in [1.807, 2.05) is 0 Å². The van der Waals surface area contributed by atoms with Crippen LogP contribution >= 0.6 is 0 Å². The van der Waals surface area contributed by atoms with Gasteiger partial charge in [-0.2, -0.15) is 0 Å². The van der Waals surface area contributed by atoms with E-state index in [0.717, 1.165) is 12.1 Å². The third-order valence-corrected chi connectivity index (χ3v) is 1.79. The number of phenols is 1. The van der Waals surface area contributed by atoms with Gasteiger partial charge < -0.3 is 15.6 Å². The Bertz CT molecular complexity index is 354. The molecular formula is C9H10FNO3. The Kier molecular flexibility index (Phi) is 3.03. The highest BCUT2D eigenvalue weighted by Gasteiger charge is 2.17. The van der Waals surface area contributed by atoms with E-state index < -0.39 is 23.6 Å². The first-order valence-electron chi connectivity index (χ1n) is 3.88. The average Bonchev–Trinajstić information content (AvgIpc) is 2.20. The molecule has 3 N–H and O–H groups in total. The van der Waals surface area contributed by atoms with E-state index in [1.54, 1.807) is 0 Å². The van der Waals surface area contributed by atoms with Gasteiger partial charge in [-0.15, -0.1) is 0 Å². The number of carbonyl (C=O) groups is 1. The van der Waals surface area contributed by atoms with Gasteiger partial charge in [0.2, 0.25) is 0 Å². The molecule has 1 atom stereocenters. The van der Waals surface area contributed by atoms with Crippen molar-refractivity contribution >= 4 is 5.97 Å². The first-order chi connectivity index (χ1) is 6.56. The average molecular weight is 199 g/mol. The summed E-state index contributed by atoms with van der Waals surface area (Å²) in [4.78, 5) is 11.0. The van der Waals surface area contributed by atoms with Crippen molar-refractivity contribution in [1.82, 2.24) is 0 Å². The van der Waals surface area contributed by atoms with Gasteiger partial charge in [0.1, 0.15) is 6.04 Å². The second kappa shape index (κ2) is 4.06. The highest BCUT2D eigenvalue weighted by atomic mass is 19.1. The molecule has 0 unspecified atom stereocenters. The molecule has 0 fully saturated rings. The molecule has 0 heterocycles. The number of hydrogen-bond acceptors (Lipinski definition) is 4. The first-order valence-corrected chi connectivity index (χ1v) is 3.88. The zero-order valence-corrected chi connectivity index (χ0v) is 7.53. The number of aromatic hydroxyl groups is 1. The smallest absolute Gasteiger partial charge is 0.327 e. The van der Waals surface area contributed by atoms with Gasteiger partial charge in [-0.25, -0.2) is 4.39 Å². The summed E-state index contributed by atoms with van der Waals surface area (Å²) in [7, 11) is 1.19. The standard InChI is InChI=1S/C9H10FNO3/c1-14-9(13)8(11)5-2-3-7(12)6(10)4-5/h2-4,8,12H,11H2,1H3/t8-/m1/s1. The molecule has 14 heavy (non-hydrogen) atoms. The highest BCUT2D eigenvalue weighted by Crippen LogP contribution is 2.20. The third kappa shape index (κ3) is 2.00. The molecule has 1 aromatic rings. The van der Waals surface area contributed by atoms with E-state index >= 15 is 0 Å². The molecular weight excluding hydrogens is 189 g/mol. The summed E-state index contributed by atoms with van der Waals surface area (Å²) in [6, 6.07) is 2.46. The molecule has 1 rings (SSSR count). The Morgan fingerprint density at radius 3 is 2.79 bits per heavy atom. The molecule has 0 saturated carbocycles. The minimum atomic E-state index is -1.03. The van der Waals surface area contributed by atoms with Gasteiger partial charge >= 0.3 is 5.97 Å². The minimum absolute atomic E-state index is 0.257. The first kappa shape index (κ1) is 10.5. The van der Waals surface area contributed by atoms with Gasteiger partial charge in [-0.05, 0) is 17.7 Å². The lowest BCUT2D eigenvalue weighted by atomic mass is 10.1. The summed E-state index contributed by atoms with van der Waals surface area (Å²) >= 11 is 0. The van der Waals surface area contributed by atoms with Gasteiger partial charge in [0, 0.05) is 0 Å². The van der Waals surface area contributed by atoms with Crippen LogP contribution in [0.2, 0.25) is 0 Å². The van der Waals surface area contributed by atoms with Crippen molar-refractivity contribution in [3.05, 3.63) is 29.6 Å². The molecule has 0 aliphatic carbocycles. The predicted molar refractivity (Wildman–Crippen MR) is 47.0 cm³/mol. The summed E-state index contributed by atoms with van der Waals surface area (Å²) in [5.74, 6) is -1.96. The van der Waals surface area contributed by atoms with Crippen LogP contribution in [0.15, 0.2) is 18.2 Å². The fourth-order valence-electron chi connectivity index (χ4n) is 0.980. The second-order valence-corrected chi connectivity index (χ2v) is 2.71. The van der Waals surface area contributed by atoms with Crippen molar-refractivity contribution < 1.29 is 19.0 Å². The number of benzene rings is 1. The Labute approximate surface area is 80.1 Å². The van der Waals surface area contributed by atoms with E-state index in [1.165, 1.54) is 13.2 Å². The van der Waals surface area contributed by atoms with E-state index in [9.17, 15) is 9.18 Å². The van der Waals surface area contributed by atoms with Crippen LogP contribution in [0, 0.1) is 5.82 Å². The Morgan fingerprint density at radius 1 is 1.64 bits per heavy atom. The summed E-state index contributed by atoms with van der Waals surface area (Å²) in [6.45, 7) is 0. The molecule has 4 nitrogen and oxygen atoms in total. The largest absolute Gasteiger partial charge is 0.505 e. The van der Waals surface area contributed by atoms with Crippen LogP contribution < -0.4 is 5.73 Å². The molecule has 0 aliphatic rings. The third-order valence-electron chi connectivity index (χ3n) is 1.79. The lowest BCUT2D eigenvalue weighted by molar-refractivity contribution is -0.142. The molecule has 76 valence electrons. The van der Waals surface area contributed by atoms with Gasteiger partial charge in [0.15, 0.2) is 11.6 Å². The van der Waals surface area contributed by atoms with Gasteiger partial charge in [-0.3, -0.25) is 4.79 Å². The number of esters is 1. The van der Waals surface area contributed by atoms with Crippen LogP contribution in [0.1, 0.15) is 11.6 Å². The molecule has 0 aliphatic heterocycles. The van der Waals surface area contributed by atoms with Crippen LogP contribution in [0.3, 0.4) is 0 Å². The van der Waals surface area contributed by atoms with Crippen LogP contribution in [0.25, 0.3) is 0 Å². The predicted octanol–water partition coefficient (Wildman–Crippen LogP) is 0.704. The SMILES string of the molecule is COC(=O)[C@H](N)c1ccc(O)c(F)c1. The number of halogens is 1. The van der Waals surface area contributed by atoms with Crippen molar-refractivity contribution in [2.45, 2.75) is 6.04 Å². The molecule has 0 saturated heterocycles. The lowest BCUT2D eigenvalue weighted by Crippen LogP contribution is -2.22. The Morgan fingerprint density at radius 2 is 2.29 bits per heavy atom. The van der Waals surface area contributed by atoms with Gasteiger partial charge in [-0.1, -0.05) is 6.07 Å². The van der Waals surface area contributed by atoms with Crippen LogP contribution in [-0.4, -0.2) is 18.2 Å². The maximum Gasteiger partial charge on any atom is 0.327 e. The quantitative estimate of drug-likeness (QED) is 0.688. The van der Waals surface area contributed by atoms with E-state index in [-0.39, 0.29) is 5.56 Å². The molecule has 0 radical (unpaired) electrons. The van der Waals surface area contributed by atoms with Gasteiger partial charge in [0.25, 0.3) is 0 Å². The summed E-state index contributed by atoms with van der Waals surface area (Å²) in [5, 5.41) is 8.89. The topological polar surface area (TPSA) is 72.5 Å². The van der Waals surface area contributed by atoms with Crippen LogP contribution in [-0.2, 0) is 9.53 Å². The Balaban J connectivity index is 2.96. The minimum Gasteiger partial charge on any atom is -0.505 e. The highest BCUT2D eigenvalue weighted by molar-refractivity contribution is 5.77. The summed E-state index contributed by atoms with van der Waals surface area (Å²) in [6.07, 6.45) is 0. The molecule has 0 bridgehead atoms. The number of rotatable bonds is 2. The van der Waals surface area contributed by atoms with Crippen molar-refractivity contribution in [3.8, 4) is 5.75 Å². The second-order valence-electron chi connectivity index (χ2n) is 2.71. The fourth-order valence-corrected chi connectivity index (χ4v) is 0.980. The number of nitrogens with two attached hydrogens (primary N) is 1. The van der Waals surface area contributed by atoms with Crippen molar-refractivity contribution in [1.29, 1.82) is 0 Å². The van der Waals surface area contributed by atoms with Crippen molar-refractivity contribution in [2.24, 2.45) is 5.73 Å². The number of phenolic OH excluding ortho intramolecular Hbond substituents is 1. The van der Waals surface area contributed by atoms with Crippen LogP contribution in [0.4, 0.5) is 4.39 Å². The molecule has 0 spiro atoms. The number of carbonyl (C=O) groups excluding carboxylic acids is 1. The Hall–Kier alpha value is -1.62. The van der Waals surface area contributed by atoms with E-state index in [0.29, 0.717) is 0 Å². The summed E-state index contributed by atoms with van der Waals surface area (Å²) in [5.41, 5.74) is 5.70. The molecule has 5 heteroatoms. The van der Waals surface area contributed by atoms with E-state index in [4.69, 9.17) is 10.8 Å².